The largest absolute Gasteiger partial charge is 0.343 e. The van der Waals surface area contributed by atoms with Gasteiger partial charge in [0.2, 0.25) is 5.91 Å². The summed E-state index contributed by atoms with van der Waals surface area (Å²) in [5.41, 5.74) is 0.497. The van der Waals surface area contributed by atoms with Crippen LogP contribution < -0.4 is 0 Å². The first kappa shape index (κ1) is 16.9. The molecule has 0 aromatic rings. The lowest BCUT2D eigenvalue weighted by atomic mass is 9.58. The van der Waals surface area contributed by atoms with Crippen LogP contribution in [-0.2, 0) is 9.59 Å². The van der Waals surface area contributed by atoms with Crippen molar-refractivity contribution in [3.05, 3.63) is 0 Å². The minimum absolute atomic E-state index is 0.238. The normalized spacial score (nSPS) is 21.6. The molecule has 2 rings (SSSR count). The van der Waals surface area contributed by atoms with E-state index in [4.69, 9.17) is 0 Å². The number of amides is 1. The van der Waals surface area contributed by atoms with Crippen molar-refractivity contribution in [2.75, 3.05) is 18.8 Å². The quantitative estimate of drug-likeness (QED) is 0.776. The second kappa shape index (κ2) is 7.17. The maximum atomic E-state index is 12.1. The second-order valence-corrected chi connectivity index (χ2v) is 8.59. The van der Waals surface area contributed by atoms with Crippen LogP contribution in [-0.4, -0.2) is 34.8 Å². The zero-order valence-electron chi connectivity index (χ0n) is 13.7. The molecule has 0 bridgehead atoms. The average molecular weight is 311 g/mol. The Labute approximate surface area is 133 Å². The van der Waals surface area contributed by atoms with Crippen molar-refractivity contribution < 1.29 is 9.59 Å². The minimum Gasteiger partial charge on any atom is -0.343 e. The van der Waals surface area contributed by atoms with Crippen LogP contribution in [0, 0.1) is 17.3 Å². The molecule has 1 saturated carbocycles. The van der Waals surface area contributed by atoms with Gasteiger partial charge < -0.3 is 4.90 Å². The van der Waals surface area contributed by atoms with Crippen LogP contribution in [0.25, 0.3) is 0 Å². The van der Waals surface area contributed by atoms with Gasteiger partial charge in [-0.3, -0.25) is 9.59 Å². The van der Waals surface area contributed by atoms with Crippen LogP contribution in [0.3, 0.4) is 0 Å². The molecule has 120 valence electrons. The van der Waals surface area contributed by atoms with Crippen molar-refractivity contribution in [3.8, 4) is 0 Å². The Kier molecular flexibility index (Phi) is 5.75. The number of piperidine rings is 1. The first-order valence-electron chi connectivity index (χ1n) is 8.31. The van der Waals surface area contributed by atoms with E-state index >= 15 is 0 Å². The Morgan fingerprint density at radius 1 is 1.24 bits per heavy atom. The number of nitrogens with zero attached hydrogens (tertiary/aromatic N) is 1. The Morgan fingerprint density at radius 3 is 2.38 bits per heavy atom. The van der Waals surface area contributed by atoms with Gasteiger partial charge in [-0.05, 0) is 49.4 Å². The summed E-state index contributed by atoms with van der Waals surface area (Å²) in [6.45, 7) is 7.89. The summed E-state index contributed by atoms with van der Waals surface area (Å²) in [4.78, 5) is 25.2. The van der Waals surface area contributed by atoms with Gasteiger partial charge in [0, 0.05) is 32.2 Å². The Bertz CT molecular complexity index is 378. The number of likely N-dealkylation sites (tertiary alicyclic amines) is 1. The molecular formula is C17H29NO2S. The van der Waals surface area contributed by atoms with Gasteiger partial charge in [0.25, 0.3) is 0 Å². The van der Waals surface area contributed by atoms with Crippen molar-refractivity contribution in [2.45, 2.75) is 59.3 Å². The molecular weight excluding hydrogens is 282 g/mol. The third-order valence-electron chi connectivity index (χ3n) is 5.08. The summed E-state index contributed by atoms with van der Waals surface area (Å²) in [6.07, 6.45) is 6.58. The van der Waals surface area contributed by atoms with E-state index in [-0.39, 0.29) is 5.12 Å². The van der Waals surface area contributed by atoms with E-state index in [0.29, 0.717) is 23.7 Å². The van der Waals surface area contributed by atoms with E-state index in [2.05, 4.69) is 18.7 Å². The fraction of sp³-hybridized carbons (Fsp3) is 0.882. The van der Waals surface area contributed by atoms with E-state index in [0.717, 1.165) is 31.2 Å². The van der Waals surface area contributed by atoms with Crippen LogP contribution in [0.15, 0.2) is 0 Å². The van der Waals surface area contributed by atoms with Crippen molar-refractivity contribution in [2.24, 2.45) is 17.3 Å². The summed E-state index contributed by atoms with van der Waals surface area (Å²) < 4.78 is 0. The summed E-state index contributed by atoms with van der Waals surface area (Å²) in [5.74, 6) is 2.67. The van der Waals surface area contributed by atoms with Crippen molar-refractivity contribution >= 4 is 22.8 Å². The highest BCUT2D eigenvalue weighted by atomic mass is 32.2. The van der Waals surface area contributed by atoms with Gasteiger partial charge in [0.15, 0.2) is 5.12 Å². The molecule has 0 aromatic carbocycles. The van der Waals surface area contributed by atoms with Crippen molar-refractivity contribution in [1.29, 1.82) is 0 Å². The SMILES string of the molecule is CC(=O)SCC1CC2(CCN(C(=O)CCC(C)C)CC2)C1. The zero-order valence-corrected chi connectivity index (χ0v) is 14.5. The molecule has 0 N–H and O–H groups in total. The molecule has 1 aliphatic carbocycles. The molecule has 3 nitrogen and oxygen atoms in total. The predicted molar refractivity (Wildman–Crippen MR) is 88.2 cm³/mol. The Hall–Kier alpha value is -0.510. The highest BCUT2D eigenvalue weighted by Crippen LogP contribution is 2.53. The van der Waals surface area contributed by atoms with E-state index in [1.54, 1.807) is 6.92 Å². The number of thioether (sulfide) groups is 1. The molecule has 1 spiro atoms. The molecule has 21 heavy (non-hydrogen) atoms. The summed E-state index contributed by atoms with van der Waals surface area (Å²) in [6, 6.07) is 0. The number of carbonyl (C=O) groups is 2. The fourth-order valence-electron chi connectivity index (χ4n) is 3.73. The van der Waals surface area contributed by atoms with Crippen LogP contribution in [0.4, 0.5) is 0 Å². The molecule has 0 radical (unpaired) electrons. The smallest absolute Gasteiger partial charge is 0.222 e. The molecule has 0 atom stereocenters. The first-order valence-corrected chi connectivity index (χ1v) is 9.30. The van der Waals surface area contributed by atoms with Gasteiger partial charge in [0.05, 0.1) is 0 Å². The maximum absolute atomic E-state index is 12.1. The molecule has 1 aliphatic heterocycles. The number of hydrogen-bond donors (Lipinski definition) is 0. The first-order chi connectivity index (χ1) is 9.90. The molecule has 2 fully saturated rings. The second-order valence-electron chi connectivity index (χ2n) is 7.39. The maximum Gasteiger partial charge on any atom is 0.222 e. The van der Waals surface area contributed by atoms with Gasteiger partial charge >= 0.3 is 0 Å². The lowest BCUT2D eigenvalue weighted by Gasteiger charge is -2.52. The number of hydrogen-bond acceptors (Lipinski definition) is 3. The predicted octanol–water partition coefficient (Wildman–Crippen LogP) is 3.72. The highest BCUT2D eigenvalue weighted by molar-refractivity contribution is 8.13. The van der Waals surface area contributed by atoms with E-state index in [9.17, 15) is 9.59 Å². The van der Waals surface area contributed by atoms with Crippen LogP contribution >= 0.6 is 11.8 Å². The highest BCUT2D eigenvalue weighted by Gasteiger charge is 2.45. The molecule has 1 saturated heterocycles. The molecule has 4 heteroatoms. The third kappa shape index (κ3) is 4.73. The van der Waals surface area contributed by atoms with Crippen LogP contribution in [0.1, 0.15) is 59.3 Å². The summed E-state index contributed by atoms with van der Waals surface area (Å²) in [7, 11) is 0. The average Bonchev–Trinajstić information content (AvgIpc) is 2.40. The Balaban J connectivity index is 1.67. The summed E-state index contributed by atoms with van der Waals surface area (Å²) >= 11 is 1.47. The number of rotatable bonds is 5. The van der Waals surface area contributed by atoms with Crippen LogP contribution in [0.5, 0.6) is 0 Å². The summed E-state index contributed by atoms with van der Waals surface area (Å²) in [5, 5.41) is 0.238. The van der Waals surface area contributed by atoms with Gasteiger partial charge in [-0.2, -0.15) is 0 Å². The molecule has 1 heterocycles. The minimum atomic E-state index is 0.238. The topological polar surface area (TPSA) is 37.4 Å². The van der Waals surface area contributed by atoms with E-state index < -0.39 is 0 Å². The van der Waals surface area contributed by atoms with Gasteiger partial charge in [-0.15, -0.1) is 0 Å². The van der Waals surface area contributed by atoms with Crippen LogP contribution in [0.2, 0.25) is 0 Å². The zero-order chi connectivity index (χ0) is 15.5. The van der Waals surface area contributed by atoms with Gasteiger partial charge in [-0.25, -0.2) is 0 Å². The lowest BCUT2D eigenvalue weighted by Crippen LogP contribution is -2.49. The Morgan fingerprint density at radius 2 is 1.86 bits per heavy atom. The number of carbonyl (C=O) groups excluding carboxylic acids is 2. The van der Waals surface area contributed by atoms with E-state index in [1.165, 1.54) is 37.4 Å². The van der Waals surface area contributed by atoms with E-state index in [1.807, 2.05) is 0 Å². The van der Waals surface area contributed by atoms with Gasteiger partial charge in [-0.1, -0.05) is 25.6 Å². The molecule has 0 unspecified atom stereocenters. The standard InChI is InChI=1S/C17H29NO2S/c1-13(2)4-5-16(20)18-8-6-17(7-9-18)10-15(11-17)12-21-14(3)19/h13,15H,4-12H2,1-3H3. The van der Waals surface area contributed by atoms with Crippen molar-refractivity contribution in [1.82, 2.24) is 4.90 Å². The monoisotopic (exact) mass is 311 g/mol. The third-order valence-corrected chi connectivity index (χ3v) is 6.12. The molecule has 1 amide bonds. The van der Waals surface area contributed by atoms with Gasteiger partial charge in [0.1, 0.15) is 0 Å². The fourth-order valence-corrected chi connectivity index (χ4v) is 4.43. The lowest BCUT2D eigenvalue weighted by molar-refractivity contribution is -0.135. The van der Waals surface area contributed by atoms with Crippen molar-refractivity contribution in [3.63, 3.8) is 0 Å². The molecule has 0 aromatic heterocycles. The molecule has 2 aliphatic rings.